The molecule has 1 aromatic rings. The van der Waals surface area contributed by atoms with E-state index < -0.39 is 5.97 Å². The molecule has 4 heteroatoms. The van der Waals surface area contributed by atoms with Gasteiger partial charge in [-0.2, -0.15) is 0 Å². The van der Waals surface area contributed by atoms with Crippen molar-refractivity contribution in [2.24, 2.45) is 0 Å². The lowest BCUT2D eigenvalue weighted by Gasteiger charge is -2.05. The predicted molar refractivity (Wildman–Crippen MR) is 52.6 cm³/mol. The summed E-state index contributed by atoms with van der Waals surface area (Å²) in [6.07, 6.45) is 0. The molecule has 1 rings (SSSR count). The fourth-order valence-electron chi connectivity index (χ4n) is 0.853. The summed E-state index contributed by atoms with van der Waals surface area (Å²) >= 11 is 8.20. The standard InChI is InChI=1S/C8H8O2S2/c1-4-2-3-5(8(9)10)7(12)6(4)11/h2-3,11-12H,1H3,(H,9,10). The van der Waals surface area contributed by atoms with Crippen LogP contribution in [0.1, 0.15) is 15.9 Å². The molecular weight excluding hydrogens is 192 g/mol. The summed E-state index contributed by atoms with van der Waals surface area (Å²) in [6.45, 7) is 1.85. The van der Waals surface area contributed by atoms with Crippen molar-refractivity contribution in [3.8, 4) is 0 Å². The van der Waals surface area contributed by atoms with Gasteiger partial charge in [0.05, 0.1) is 5.56 Å². The van der Waals surface area contributed by atoms with E-state index in [-0.39, 0.29) is 5.56 Å². The fourth-order valence-corrected chi connectivity index (χ4v) is 1.39. The highest BCUT2D eigenvalue weighted by atomic mass is 32.1. The van der Waals surface area contributed by atoms with Crippen LogP contribution in [-0.4, -0.2) is 11.1 Å². The minimum atomic E-state index is -0.977. The summed E-state index contributed by atoms with van der Waals surface area (Å²) in [5, 5.41) is 8.70. The van der Waals surface area contributed by atoms with Crippen molar-refractivity contribution in [1.29, 1.82) is 0 Å². The zero-order valence-electron chi connectivity index (χ0n) is 6.40. The Labute approximate surface area is 81.4 Å². The van der Waals surface area contributed by atoms with Gasteiger partial charge in [-0.1, -0.05) is 6.07 Å². The predicted octanol–water partition coefficient (Wildman–Crippen LogP) is 2.27. The maximum Gasteiger partial charge on any atom is 0.336 e. The summed E-state index contributed by atoms with van der Waals surface area (Å²) in [7, 11) is 0. The summed E-state index contributed by atoms with van der Waals surface area (Å²) in [6, 6.07) is 3.24. The molecule has 0 atom stereocenters. The van der Waals surface area contributed by atoms with Crippen LogP contribution >= 0.6 is 25.3 Å². The number of hydrogen-bond donors (Lipinski definition) is 3. The van der Waals surface area contributed by atoms with E-state index in [4.69, 9.17) is 5.11 Å². The van der Waals surface area contributed by atoms with E-state index in [0.29, 0.717) is 9.79 Å². The van der Waals surface area contributed by atoms with Gasteiger partial charge in [0.25, 0.3) is 0 Å². The minimum Gasteiger partial charge on any atom is -0.478 e. The smallest absolute Gasteiger partial charge is 0.336 e. The molecule has 12 heavy (non-hydrogen) atoms. The topological polar surface area (TPSA) is 37.3 Å². The highest BCUT2D eigenvalue weighted by Gasteiger charge is 2.10. The lowest BCUT2D eigenvalue weighted by molar-refractivity contribution is 0.0692. The zero-order chi connectivity index (χ0) is 9.30. The average Bonchev–Trinajstić information content (AvgIpc) is 2.00. The Morgan fingerprint density at radius 3 is 2.42 bits per heavy atom. The van der Waals surface area contributed by atoms with Crippen LogP contribution in [0.3, 0.4) is 0 Å². The molecule has 0 amide bonds. The Morgan fingerprint density at radius 2 is 1.92 bits per heavy atom. The van der Waals surface area contributed by atoms with Crippen LogP contribution in [-0.2, 0) is 0 Å². The lowest BCUT2D eigenvalue weighted by Crippen LogP contribution is -1.98. The number of carboxylic acids is 1. The maximum atomic E-state index is 10.6. The van der Waals surface area contributed by atoms with Gasteiger partial charge in [0.2, 0.25) is 0 Å². The molecule has 0 spiro atoms. The number of carboxylic acid groups (broad SMARTS) is 1. The van der Waals surface area contributed by atoms with Crippen LogP contribution in [0.4, 0.5) is 0 Å². The third kappa shape index (κ3) is 1.59. The van der Waals surface area contributed by atoms with Crippen LogP contribution in [0.15, 0.2) is 21.9 Å². The van der Waals surface area contributed by atoms with Gasteiger partial charge in [0.1, 0.15) is 0 Å². The highest BCUT2D eigenvalue weighted by molar-refractivity contribution is 7.83. The normalized spacial score (nSPS) is 9.92. The molecule has 0 bridgehead atoms. The first kappa shape index (κ1) is 9.48. The Balaban J connectivity index is 3.36. The number of aryl methyl sites for hydroxylation is 1. The largest absolute Gasteiger partial charge is 0.478 e. The molecule has 0 fully saturated rings. The molecule has 0 aliphatic rings. The van der Waals surface area contributed by atoms with Gasteiger partial charge in [-0.15, -0.1) is 25.3 Å². The second-order valence-corrected chi connectivity index (χ2v) is 3.33. The molecule has 1 aromatic carbocycles. The third-order valence-electron chi connectivity index (χ3n) is 1.58. The number of aromatic carboxylic acids is 1. The van der Waals surface area contributed by atoms with Crippen molar-refractivity contribution in [3.05, 3.63) is 23.3 Å². The lowest BCUT2D eigenvalue weighted by atomic mass is 10.1. The van der Waals surface area contributed by atoms with E-state index in [0.717, 1.165) is 5.56 Å². The van der Waals surface area contributed by atoms with Crippen LogP contribution in [0.25, 0.3) is 0 Å². The van der Waals surface area contributed by atoms with E-state index in [1.165, 1.54) is 6.07 Å². The quantitative estimate of drug-likeness (QED) is 0.608. The molecule has 1 N–H and O–H groups in total. The van der Waals surface area contributed by atoms with Crippen molar-refractivity contribution >= 4 is 31.2 Å². The summed E-state index contributed by atoms with van der Waals surface area (Å²) in [4.78, 5) is 11.6. The number of rotatable bonds is 1. The molecule has 0 aliphatic carbocycles. The van der Waals surface area contributed by atoms with Crippen LogP contribution in [0, 0.1) is 6.92 Å². The van der Waals surface area contributed by atoms with Crippen molar-refractivity contribution in [3.63, 3.8) is 0 Å². The monoisotopic (exact) mass is 200 g/mol. The second kappa shape index (κ2) is 3.41. The molecule has 0 aliphatic heterocycles. The third-order valence-corrected chi connectivity index (χ3v) is 2.80. The van der Waals surface area contributed by atoms with Gasteiger partial charge in [0, 0.05) is 9.79 Å². The van der Waals surface area contributed by atoms with E-state index in [2.05, 4.69) is 25.3 Å². The van der Waals surface area contributed by atoms with Crippen LogP contribution in [0.2, 0.25) is 0 Å². The number of thiol groups is 2. The second-order valence-electron chi connectivity index (χ2n) is 2.43. The summed E-state index contributed by atoms with van der Waals surface area (Å²) in [5.41, 5.74) is 1.11. The van der Waals surface area contributed by atoms with Gasteiger partial charge in [-0.25, -0.2) is 4.79 Å². The Hall–Kier alpha value is -0.610. The van der Waals surface area contributed by atoms with Crippen molar-refractivity contribution in [2.75, 3.05) is 0 Å². The average molecular weight is 200 g/mol. The van der Waals surface area contributed by atoms with Gasteiger partial charge < -0.3 is 5.11 Å². The number of benzene rings is 1. The molecule has 64 valence electrons. The molecule has 0 unspecified atom stereocenters. The Bertz CT molecular complexity index is 334. The molecule has 0 aromatic heterocycles. The first-order valence-electron chi connectivity index (χ1n) is 3.29. The van der Waals surface area contributed by atoms with E-state index in [1.807, 2.05) is 6.92 Å². The molecule has 0 saturated carbocycles. The molecule has 0 saturated heterocycles. The van der Waals surface area contributed by atoms with Crippen LogP contribution < -0.4 is 0 Å². The Morgan fingerprint density at radius 1 is 1.33 bits per heavy atom. The van der Waals surface area contributed by atoms with Crippen molar-refractivity contribution in [1.82, 2.24) is 0 Å². The highest BCUT2D eigenvalue weighted by Crippen LogP contribution is 2.25. The summed E-state index contributed by atoms with van der Waals surface area (Å²) in [5.74, 6) is -0.977. The molecule has 0 heterocycles. The van der Waals surface area contributed by atoms with Gasteiger partial charge >= 0.3 is 5.97 Å². The fraction of sp³-hybridized carbons (Fsp3) is 0.125. The van der Waals surface area contributed by atoms with Crippen LogP contribution in [0.5, 0.6) is 0 Å². The zero-order valence-corrected chi connectivity index (χ0v) is 8.19. The molecule has 2 nitrogen and oxygen atoms in total. The van der Waals surface area contributed by atoms with E-state index in [9.17, 15) is 4.79 Å². The molecule has 0 radical (unpaired) electrons. The first-order valence-corrected chi connectivity index (χ1v) is 4.18. The van der Waals surface area contributed by atoms with Gasteiger partial charge in [-0.3, -0.25) is 0 Å². The number of hydrogen-bond acceptors (Lipinski definition) is 3. The maximum absolute atomic E-state index is 10.6. The Kier molecular flexibility index (Phi) is 2.69. The first-order chi connectivity index (χ1) is 5.54. The number of carbonyl (C=O) groups is 1. The van der Waals surface area contributed by atoms with Gasteiger partial charge in [0.15, 0.2) is 0 Å². The minimum absolute atomic E-state index is 0.189. The SMILES string of the molecule is Cc1ccc(C(=O)O)c(S)c1S. The van der Waals surface area contributed by atoms with Gasteiger partial charge in [-0.05, 0) is 18.6 Å². The summed E-state index contributed by atoms with van der Waals surface area (Å²) < 4.78 is 0. The van der Waals surface area contributed by atoms with Crippen molar-refractivity contribution in [2.45, 2.75) is 16.7 Å². The van der Waals surface area contributed by atoms with E-state index >= 15 is 0 Å². The van der Waals surface area contributed by atoms with Crippen molar-refractivity contribution < 1.29 is 9.90 Å². The molecular formula is C8H8O2S2. The van der Waals surface area contributed by atoms with E-state index in [1.54, 1.807) is 6.07 Å².